The maximum absolute atomic E-state index is 4.61. The van der Waals surface area contributed by atoms with Gasteiger partial charge in [0, 0.05) is 31.9 Å². The minimum atomic E-state index is 0.773. The Morgan fingerprint density at radius 2 is 1.90 bits per heavy atom. The molecule has 2 aromatic rings. The SMILES string of the molecule is CCCCN(C)c1nc(C)cc(NCc2ccccc2)n1. The summed E-state index contributed by atoms with van der Waals surface area (Å²) in [5, 5.41) is 3.38. The van der Waals surface area contributed by atoms with E-state index in [0.717, 1.165) is 37.0 Å². The lowest BCUT2D eigenvalue weighted by molar-refractivity contribution is 0.748. The Labute approximate surface area is 127 Å². The van der Waals surface area contributed by atoms with E-state index in [1.165, 1.54) is 12.0 Å². The highest BCUT2D eigenvalue weighted by Crippen LogP contribution is 2.14. The largest absolute Gasteiger partial charge is 0.366 e. The van der Waals surface area contributed by atoms with E-state index in [1.54, 1.807) is 0 Å². The quantitative estimate of drug-likeness (QED) is 0.843. The summed E-state index contributed by atoms with van der Waals surface area (Å²) in [6.45, 7) is 5.96. The van der Waals surface area contributed by atoms with Crippen molar-refractivity contribution >= 4 is 11.8 Å². The van der Waals surface area contributed by atoms with Gasteiger partial charge in [-0.25, -0.2) is 4.98 Å². The summed E-state index contributed by atoms with van der Waals surface area (Å²) in [4.78, 5) is 11.2. The first-order valence-electron chi connectivity index (χ1n) is 7.53. The molecule has 4 heteroatoms. The molecule has 0 unspecified atom stereocenters. The van der Waals surface area contributed by atoms with E-state index < -0.39 is 0 Å². The predicted molar refractivity (Wildman–Crippen MR) is 88.7 cm³/mol. The van der Waals surface area contributed by atoms with Gasteiger partial charge in [-0.15, -0.1) is 0 Å². The second-order valence-corrected chi connectivity index (χ2v) is 5.31. The number of rotatable bonds is 7. The molecule has 4 nitrogen and oxygen atoms in total. The molecule has 0 saturated carbocycles. The molecule has 1 heterocycles. The lowest BCUT2D eigenvalue weighted by atomic mass is 10.2. The van der Waals surface area contributed by atoms with Crippen LogP contribution in [0.2, 0.25) is 0 Å². The van der Waals surface area contributed by atoms with Crippen LogP contribution in [-0.4, -0.2) is 23.6 Å². The van der Waals surface area contributed by atoms with Gasteiger partial charge >= 0.3 is 0 Å². The zero-order chi connectivity index (χ0) is 15.1. The Morgan fingerprint density at radius 3 is 2.62 bits per heavy atom. The van der Waals surface area contributed by atoms with Gasteiger partial charge in [0.2, 0.25) is 5.95 Å². The topological polar surface area (TPSA) is 41.1 Å². The van der Waals surface area contributed by atoms with Gasteiger partial charge in [0.05, 0.1) is 0 Å². The summed E-state index contributed by atoms with van der Waals surface area (Å²) in [6, 6.07) is 12.3. The van der Waals surface area contributed by atoms with Gasteiger partial charge in [-0.1, -0.05) is 43.7 Å². The highest BCUT2D eigenvalue weighted by molar-refractivity contribution is 5.43. The molecule has 0 aliphatic heterocycles. The Morgan fingerprint density at radius 1 is 1.14 bits per heavy atom. The molecule has 0 bridgehead atoms. The van der Waals surface area contributed by atoms with Gasteiger partial charge < -0.3 is 10.2 Å². The minimum absolute atomic E-state index is 0.773. The number of hydrogen-bond acceptors (Lipinski definition) is 4. The molecule has 0 aliphatic rings. The van der Waals surface area contributed by atoms with Crippen molar-refractivity contribution in [3.8, 4) is 0 Å². The number of benzene rings is 1. The number of unbranched alkanes of at least 4 members (excludes halogenated alkanes) is 1. The molecule has 1 N–H and O–H groups in total. The van der Waals surface area contributed by atoms with Crippen molar-refractivity contribution in [3.63, 3.8) is 0 Å². The van der Waals surface area contributed by atoms with Crippen LogP contribution in [0.3, 0.4) is 0 Å². The first-order valence-corrected chi connectivity index (χ1v) is 7.53. The van der Waals surface area contributed by atoms with Crippen molar-refractivity contribution in [2.24, 2.45) is 0 Å². The van der Waals surface area contributed by atoms with Crippen LogP contribution >= 0.6 is 0 Å². The van der Waals surface area contributed by atoms with Crippen molar-refractivity contribution < 1.29 is 0 Å². The molecule has 0 atom stereocenters. The molecule has 0 amide bonds. The van der Waals surface area contributed by atoms with Gasteiger partial charge in [0.25, 0.3) is 0 Å². The van der Waals surface area contributed by atoms with Crippen LogP contribution < -0.4 is 10.2 Å². The number of nitrogens with zero attached hydrogens (tertiary/aromatic N) is 3. The Balaban J connectivity index is 2.04. The monoisotopic (exact) mass is 284 g/mol. The zero-order valence-electron chi connectivity index (χ0n) is 13.1. The van der Waals surface area contributed by atoms with Crippen molar-refractivity contribution in [3.05, 3.63) is 47.7 Å². The number of aromatic nitrogens is 2. The van der Waals surface area contributed by atoms with Gasteiger partial charge in [0.1, 0.15) is 5.82 Å². The summed E-state index contributed by atoms with van der Waals surface area (Å²) in [5.41, 5.74) is 2.23. The van der Waals surface area contributed by atoms with Crippen LogP contribution in [0.15, 0.2) is 36.4 Å². The van der Waals surface area contributed by atoms with Crippen molar-refractivity contribution in [2.45, 2.75) is 33.2 Å². The fraction of sp³-hybridized carbons (Fsp3) is 0.412. The normalized spacial score (nSPS) is 10.4. The fourth-order valence-electron chi connectivity index (χ4n) is 2.10. The average molecular weight is 284 g/mol. The Bertz CT molecular complexity index is 554. The molecule has 0 aliphatic carbocycles. The van der Waals surface area contributed by atoms with E-state index in [9.17, 15) is 0 Å². The third-order valence-corrected chi connectivity index (χ3v) is 3.35. The molecular formula is C17H24N4. The van der Waals surface area contributed by atoms with Crippen LogP contribution in [0.25, 0.3) is 0 Å². The van der Waals surface area contributed by atoms with E-state index >= 15 is 0 Å². The van der Waals surface area contributed by atoms with E-state index in [0.29, 0.717) is 0 Å². The third kappa shape index (κ3) is 4.74. The maximum atomic E-state index is 4.61. The molecule has 112 valence electrons. The molecule has 0 spiro atoms. The predicted octanol–water partition coefficient (Wildman–Crippen LogP) is 3.63. The van der Waals surface area contributed by atoms with Crippen LogP contribution in [0.5, 0.6) is 0 Å². The van der Waals surface area contributed by atoms with Gasteiger partial charge in [-0.05, 0) is 18.9 Å². The zero-order valence-corrected chi connectivity index (χ0v) is 13.1. The van der Waals surface area contributed by atoms with E-state index in [2.05, 4.69) is 39.2 Å². The van der Waals surface area contributed by atoms with Gasteiger partial charge in [-0.2, -0.15) is 4.98 Å². The summed E-state index contributed by atoms with van der Waals surface area (Å²) in [6.07, 6.45) is 2.33. The molecule has 2 rings (SSSR count). The lowest BCUT2D eigenvalue weighted by Gasteiger charge is -2.18. The Hall–Kier alpha value is -2.10. The van der Waals surface area contributed by atoms with E-state index in [4.69, 9.17) is 0 Å². The summed E-state index contributed by atoms with van der Waals surface area (Å²) in [7, 11) is 2.05. The highest BCUT2D eigenvalue weighted by Gasteiger charge is 2.07. The van der Waals surface area contributed by atoms with Crippen molar-refractivity contribution in [2.75, 3.05) is 23.8 Å². The standard InChI is InChI=1S/C17H24N4/c1-4-5-11-21(3)17-19-14(2)12-16(20-17)18-13-15-9-7-6-8-10-15/h6-10,12H,4-5,11,13H2,1-3H3,(H,18,19,20). The maximum Gasteiger partial charge on any atom is 0.227 e. The third-order valence-electron chi connectivity index (χ3n) is 3.35. The summed E-state index contributed by atoms with van der Waals surface area (Å²) < 4.78 is 0. The molecule has 1 aromatic carbocycles. The molecule has 21 heavy (non-hydrogen) atoms. The first-order chi connectivity index (χ1) is 10.2. The van der Waals surface area contributed by atoms with Crippen molar-refractivity contribution in [1.82, 2.24) is 9.97 Å². The van der Waals surface area contributed by atoms with Crippen LogP contribution in [0.4, 0.5) is 11.8 Å². The van der Waals surface area contributed by atoms with Crippen LogP contribution in [0, 0.1) is 6.92 Å². The van der Waals surface area contributed by atoms with Gasteiger partial charge in [-0.3, -0.25) is 0 Å². The summed E-state index contributed by atoms with van der Waals surface area (Å²) in [5.74, 6) is 1.67. The Kier molecular flexibility index (Phi) is 5.55. The number of hydrogen-bond donors (Lipinski definition) is 1. The fourth-order valence-corrected chi connectivity index (χ4v) is 2.10. The van der Waals surface area contributed by atoms with E-state index in [-0.39, 0.29) is 0 Å². The smallest absolute Gasteiger partial charge is 0.227 e. The number of anilines is 2. The first kappa shape index (κ1) is 15.3. The van der Waals surface area contributed by atoms with Crippen molar-refractivity contribution in [1.29, 1.82) is 0 Å². The average Bonchev–Trinajstić information content (AvgIpc) is 2.51. The van der Waals surface area contributed by atoms with Gasteiger partial charge in [0.15, 0.2) is 0 Å². The van der Waals surface area contributed by atoms with Crippen LogP contribution in [-0.2, 0) is 6.54 Å². The molecule has 1 aromatic heterocycles. The second kappa shape index (κ2) is 7.62. The lowest BCUT2D eigenvalue weighted by Crippen LogP contribution is -2.21. The molecule has 0 fully saturated rings. The molecule has 0 radical (unpaired) electrons. The second-order valence-electron chi connectivity index (χ2n) is 5.31. The minimum Gasteiger partial charge on any atom is -0.366 e. The number of nitrogens with one attached hydrogen (secondary N) is 1. The molecule has 0 saturated heterocycles. The summed E-state index contributed by atoms with van der Waals surface area (Å²) >= 11 is 0. The van der Waals surface area contributed by atoms with Crippen LogP contribution in [0.1, 0.15) is 31.0 Å². The van der Waals surface area contributed by atoms with E-state index in [1.807, 2.05) is 38.2 Å². The molecular weight excluding hydrogens is 260 g/mol. The number of aryl methyl sites for hydroxylation is 1. The highest BCUT2D eigenvalue weighted by atomic mass is 15.2.